The molecule has 8 rings (SSSR count). The van der Waals surface area contributed by atoms with E-state index in [2.05, 4.69) is 38.5 Å². The number of nitrogens with zero attached hydrogens (tertiary/aromatic N) is 5. The second-order valence-corrected chi connectivity index (χ2v) is 11.3. The molecule has 0 saturated carbocycles. The maximum Gasteiger partial charge on any atom is 0.254 e. The van der Waals surface area contributed by atoms with Crippen LogP contribution in [0, 0.1) is 5.82 Å². The third kappa shape index (κ3) is 3.52. The first-order valence-corrected chi connectivity index (χ1v) is 13.9. The van der Waals surface area contributed by atoms with Gasteiger partial charge in [0.05, 0.1) is 53.6 Å². The number of rotatable bonds is 4. The molecule has 0 aliphatic carbocycles. The van der Waals surface area contributed by atoms with E-state index in [1.807, 2.05) is 22.6 Å². The van der Waals surface area contributed by atoms with E-state index in [9.17, 15) is 9.18 Å². The van der Waals surface area contributed by atoms with E-state index in [0.29, 0.717) is 23.8 Å². The Morgan fingerprint density at radius 1 is 1.15 bits per heavy atom. The molecule has 1 amide bonds. The average molecular weight is 540 g/mol. The van der Waals surface area contributed by atoms with Gasteiger partial charge in [0.1, 0.15) is 17.3 Å². The number of hydrogen-bond donors (Lipinski definition) is 2. The number of benzene rings is 1. The van der Waals surface area contributed by atoms with Crippen LogP contribution in [0.1, 0.15) is 40.0 Å². The summed E-state index contributed by atoms with van der Waals surface area (Å²) in [6, 6.07) is 11.6. The SMILES string of the molecule is CN1Cc2nc(Nc3ccc(-c4cnc5cc(F)ccn45)c4c3C(=O)NC4)ccc2C12CCN(C1COC1)CC2. The molecule has 1 aromatic carbocycles. The van der Waals surface area contributed by atoms with Crippen molar-refractivity contribution in [1.82, 2.24) is 29.5 Å². The quantitative estimate of drug-likeness (QED) is 0.409. The summed E-state index contributed by atoms with van der Waals surface area (Å²) in [5.41, 5.74) is 6.91. The zero-order chi connectivity index (χ0) is 27.0. The minimum absolute atomic E-state index is 0.0294. The number of amides is 1. The fraction of sp³-hybridized carbons (Fsp3) is 0.367. The van der Waals surface area contributed by atoms with E-state index in [1.165, 1.54) is 17.7 Å². The number of carbonyl (C=O) groups is 1. The van der Waals surface area contributed by atoms with Gasteiger partial charge in [-0.15, -0.1) is 0 Å². The summed E-state index contributed by atoms with van der Waals surface area (Å²) in [5, 5.41) is 6.41. The molecule has 1 spiro atoms. The first-order valence-electron chi connectivity index (χ1n) is 13.9. The summed E-state index contributed by atoms with van der Waals surface area (Å²) in [4.78, 5) is 27.4. The summed E-state index contributed by atoms with van der Waals surface area (Å²) in [5.74, 6) is 0.273. The van der Waals surface area contributed by atoms with Gasteiger partial charge in [0, 0.05) is 44.0 Å². The number of likely N-dealkylation sites (tertiary alicyclic amines) is 1. The Hall–Kier alpha value is -3.86. The van der Waals surface area contributed by atoms with E-state index in [0.717, 1.165) is 79.7 Å². The number of halogens is 1. The first-order chi connectivity index (χ1) is 19.5. The lowest BCUT2D eigenvalue weighted by molar-refractivity contribution is -0.0852. The number of imidazole rings is 1. The molecule has 0 radical (unpaired) electrons. The number of ether oxygens (including phenoxy) is 1. The van der Waals surface area contributed by atoms with Crippen LogP contribution in [0.4, 0.5) is 15.9 Å². The number of piperidine rings is 1. The van der Waals surface area contributed by atoms with Crippen LogP contribution < -0.4 is 10.6 Å². The van der Waals surface area contributed by atoms with Crippen molar-refractivity contribution in [2.75, 3.05) is 38.7 Å². The number of hydrogen-bond acceptors (Lipinski definition) is 7. The first kappa shape index (κ1) is 24.0. The van der Waals surface area contributed by atoms with Crippen molar-refractivity contribution in [3.63, 3.8) is 0 Å². The molecule has 2 saturated heterocycles. The average Bonchev–Trinajstić information content (AvgIpc) is 3.59. The van der Waals surface area contributed by atoms with Crippen LogP contribution in [0.25, 0.3) is 16.9 Å². The molecule has 7 heterocycles. The lowest BCUT2D eigenvalue weighted by Gasteiger charge is -2.48. The normalized spacial score (nSPS) is 20.5. The largest absolute Gasteiger partial charge is 0.378 e. The molecule has 4 aliphatic heterocycles. The highest BCUT2D eigenvalue weighted by atomic mass is 19.1. The summed E-state index contributed by atoms with van der Waals surface area (Å²) < 4.78 is 21.0. The van der Waals surface area contributed by atoms with Crippen molar-refractivity contribution in [2.45, 2.75) is 37.5 Å². The Morgan fingerprint density at radius 3 is 2.80 bits per heavy atom. The van der Waals surface area contributed by atoms with Crippen molar-refractivity contribution in [1.29, 1.82) is 0 Å². The summed E-state index contributed by atoms with van der Waals surface area (Å²) in [6.07, 6.45) is 5.57. The van der Waals surface area contributed by atoms with Gasteiger partial charge >= 0.3 is 0 Å². The Balaban J connectivity index is 1.09. The molecule has 2 N–H and O–H groups in total. The molecule has 0 unspecified atom stereocenters. The van der Waals surface area contributed by atoms with Gasteiger partial charge in [0.15, 0.2) is 0 Å². The van der Waals surface area contributed by atoms with E-state index in [-0.39, 0.29) is 17.3 Å². The molecule has 3 aromatic heterocycles. The Morgan fingerprint density at radius 2 is 2.00 bits per heavy atom. The second kappa shape index (κ2) is 8.82. The van der Waals surface area contributed by atoms with Crippen LogP contribution in [0.3, 0.4) is 0 Å². The van der Waals surface area contributed by atoms with Crippen molar-refractivity contribution in [2.24, 2.45) is 0 Å². The smallest absolute Gasteiger partial charge is 0.254 e. The van der Waals surface area contributed by atoms with Gasteiger partial charge in [-0.2, -0.15) is 0 Å². The van der Waals surface area contributed by atoms with Crippen molar-refractivity contribution >= 4 is 23.1 Å². The van der Waals surface area contributed by atoms with E-state index in [4.69, 9.17) is 9.72 Å². The highest BCUT2D eigenvalue weighted by Crippen LogP contribution is 2.46. The Labute approximate surface area is 231 Å². The number of aromatic nitrogens is 3. The molecule has 4 aliphatic rings. The number of nitrogens with one attached hydrogen (secondary N) is 2. The maximum atomic E-state index is 13.7. The maximum absolute atomic E-state index is 13.7. The zero-order valence-corrected chi connectivity index (χ0v) is 22.3. The summed E-state index contributed by atoms with van der Waals surface area (Å²) in [6.45, 7) is 5.10. The van der Waals surface area contributed by atoms with Gasteiger partial charge in [-0.1, -0.05) is 12.1 Å². The molecule has 204 valence electrons. The fourth-order valence-corrected chi connectivity index (χ4v) is 7.03. The minimum Gasteiger partial charge on any atom is -0.378 e. The van der Waals surface area contributed by atoms with Crippen LogP contribution in [0.5, 0.6) is 0 Å². The highest BCUT2D eigenvalue weighted by molar-refractivity contribution is 6.06. The molecule has 0 atom stereocenters. The monoisotopic (exact) mass is 539 g/mol. The molecule has 0 bridgehead atoms. The van der Waals surface area contributed by atoms with Crippen molar-refractivity contribution < 1.29 is 13.9 Å². The van der Waals surface area contributed by atoms with Crippen LogP contribution in [0.15, 0.2) is 48.8 Å². The zero-order valence-electron chi connectivity index (χ0n) is 22.3. The molecule has 40 heavy (non-hydrogen) atoms. The topological polar surface area (TPSA) is 87.0 Å². The predicted molar refractivity (Wildman–Crippen MR) is 148 cm³/mol. The second-order valence-electron chi connectivity index (χ2n) is 11.3. The van der Waals surface area contributed by atoms with Gasteiger partial charge in [0.25, 0.3) is 5.91 Å². The minimum atomic E-state index is -0.334. The molecule has 4 aromatic rings. The summed E-state index contributed by atoms with van der Waals surface area (Å²) in [7, 11) is 2.21. The van der Waals surface area contributed by atoms with Crippen LogP contribution in [0.2, 0.25) is 0 Å². The Bertz CT molecular complexity index is 1670. The lowest BCUT2D eigenvalue weighted by Crippen LogP contribution is -2.56. The lowest BCUT2D eigenvalue weighted by atomic mass is 9.81. The molecule has 10 heteroatoms. The highest BCUT2D eigenvalue weighted by Gasteiger charge is 2.47. The van der Waals surface area contributed by atoms with E-state index < -0.39 is 0 Å². The van der Waals surface area contributed by atoms with Crippen LogP contribution >= 0.6 is 0 Å². The fourth-order valence-electron chi connectivity index (χ4n) is 7.03. The third-order valence-corrected chi connectivity index (χ3v) is 9.33. The number of anilines is 2. The number of fused-ring (bicyclic) bond motifs is 4. The molecule has 9 nitrogen and oxygen atoms in total. The molecular weight excluding hydrogens is 509 g/mol. The predicted octanol–water partition coefficient (Wildman–Crippen LogP) is 3.66. The van der Waals surface area contributed by atoms with Crippen LogP contribution in [-0.4, -0.2) is 69.5 Å². The van der Waals surface area contributed by atoms with Gasteiger partial charge in [0.2, 0.25) is 0 Å². The number of pyridine rings is 2. The van der Waals surface area contributed by atoms with Gasteiger partial charge in [-0.05, 0) is 49.2 Å². The van der Waals surface area contributed by atoms with Gasteiger partial charge in [-0.3, -0.25) is 19.0 Å². The van der Waals surface area contributed by atoms with E-state index in [1.54, 1.807) is 12.4 Å². The van der Waals surface area contributed by atoms with Gasteiger partial charge in [-0.25, -0.2) is 14.4 Å². The summed E-state index contributed by atoms with van der Waals surface area (Å²) >= 11 is 0. The van der Waals surface area contributed by atoms with E-state index >= 15 is 0 Å². The van der Waals surface area contributed by atoms with Crippen LogP contribution in [-0.2, 0) is 23.4 Å². The Kier molecular flexibility index (Phi) is 5.29. The van der Waals surface area contributed by atoms with Crippen molar-refractivity contribution in [3.05, 3.63) is 77.0 Å². The third-order valence-electron chi connectivity index (χ3n) is 9.33. The molecular formula is C30H30FN7O2. The molecule has 2 fully saturated rings. The number of carbonyl (C=O) groups excluding carboxylic acids is 1. The van der Waals surface area contributed by atoms with Crippen molar-refractivity contribution in [3.8, 4) is 11.3 Å². The standard InChI is InChI=1S/C30H30FN7O2/c1-36-15-24-22(30(36)7-10-37(11-8-30)19-16-40-17-19)3-5-26(35-24)34-23-4-2-20(21-13-33-29(39)28(21)23)25-14-32-27-12-18(31)6-9-38(25)27/h2-6,9,12,14,19H,7-8,10-11,13,15-17H2,1H3,(H,33,39)(H,34,35). The van der Waals surface area contributed by atoms with Gasteiger partial charge < -0.3 is 15.4 Å².